The Hall–Kier alpha value is -1.89. The summed E-state index contributed by atoms with van der Waals surface area (Å²) >= 11 is 0. The van der Waals surface area contributed by atoms with E-state index >= 15 is 0 Å². The molecular weight excluding hydrogens is 350 g/mol. The van der Waals surface area contributed by atoms with Gasteiger partial charge in [0.1, 0.15) is 5.75 Å². The van der Waals surface area contributed by atoms with Crippen LogP contribution in [0.2, 0.25) is 0 Å². The molecule has 1 heterocycles. The summed E-state index contributed by atoms with van der Waals surface area (Å²) in [5, 5.41) is 0. The summed E-state index contributed by atoms with van der Waals surface area (Å²) < 4.78 is 39.1. The van der Waals surface area contributed by atoms with Gasteiger partial charge in [-0.3, -0.25) is 0 Å². The predicted molar refractivity (Wildman–Crippen MR) is 101 cm³/mol. The Bertz CT molecular complexity index is 842. The molecule has 0 saturated carbocycles. The van der Waals surface area contributed by atoms with Crippen LogP contribution in [-0.4, -0.2) is 45.6 Å². The first kappa shape index (κ1) is 18.9. The summed E-state index contributed by atoms with van der Waals surface area (Å²) in [6.45, 7) is 4.76. The van der Waals surface area contributed by atoms with Crippen LogP contribution < -0.4 is 4.74 Å². The van der Waals surface area contributed by atoms with Crippen molar-refractivity contribution in [3.05, 3.63) is 59.2 Å². The van der Waals surface area contributed by atoms with Gasteiger partial charge in [-0.25, -0.2) is 8.42 Å². The molecule has 1 saturated heterocycles. The Morgan fingerprint density at radius 3 is 2.42 bits per heavy atom. The average Bonchev–Trinajstić information content (AvgIpc) is 2.62. The van der Waals surface area contributed by atoms with E-state index in [9.17, 15) is 8.42 Å². The fourth-order valence-corrected chi connectivity index (χ4v) is 5.34. The van der Waals surface area contributed by atoms with Gasteiger partial charge in [0.05, 0.1) is 24.7 Å². The van der Waals surface area contributed by atoms with Crippen LogP contribution in [0.25, 0.3) is 0 Å². The summed E-state index contributed by atoms with van der Waals surface area (Å²) in [5.41, 5.74) is 2.55. The molecule has 2 aromatic rings. The lowest BCUT2D eigenvalue weighted by molar-refractivity contribution is -0.000517. The van der Waals surface area contributed by atoms with Crippen LogP contribution in [0.1, 0.15) is 16.7 Å². The number of hydrogen-bond donors (Lipinski definition) is 0. The summed E-state index contributed by atoms with van der Waals surface area (Å²) in [6, 6.07) is 13.5. The molecule has 1 atom stereocenters. The third-order valence-electron chi connectivity index (χ3n) is 4.68. The van der Waals surface area contributed by atoms with Gasteiger partial charge in [-0.1, -0.05) is 30.3 Å². The fraction of sp³-hybridized carbons (Fsp3) is 0.400. The van der Waals surface area contributed by atoms with E-state index in [2.05, 4.69) is 0 Å². The van der Waals surface area contributed by atoms with Gasteiger partial charge in [0, 0.05) is 13.1 Å². The molecule has 0 bridgehead atoms. The third kappa shape index (κ3) is 3.92. The number of benzene rings is 2. The second-order valence-corrected chi connectivity index (χ2v) is 8.51. The Morgan fingerprint density at radius 2 is 1.81 bits per heavy atom. The molecule has 1 unspecified atom stereocenters. The summed E-state index contributed by atoms with van der Waals surface area (Å²) in [4.78, 5) is 0.374. The van der Waals surface area contributed by atoms with Crippen LogP contribution in [0.4, 0.5) is 0 Å². The molecule has 3 rings (SSSR count). The molecule has 0 radical (unpaired) electrons. The van der Waals surface area contributed by atoms with Crippen molar-refractivity contribution in [1.29, 1.82) is 0 Å². The van der Waals surface area contributed by atoms with Crippen molar-refractivity contribution in [1.82, 2.24) is 4.31 Å². The molecule has 140 valence electrons. The van der Waals surface area contributed by atoms with E-state index in [0.29, 0.717) is 47.9 Å². The molecule has 0 aliphatic carbocycles. The van der Waals surface area contributed by atoms with Gasteiger partial charge in [-0.05, 0) is 49.1 Å². The Balaban J connectivity index is 1.83. The van der Waals surface area contributed by atoms with Crippen LogP contribution in [-0.2, 0) is 21.2 Å². The summed E-state index contributed by atoms with van der Waals surface area (Å²) in [7, 11) is -1.99. The number of aryl methyl sites for hydroxylation is 2. The van der Waals surface area contributed by atoms with E-state index in [1.807, 2.05) is 44.2 Å². The van der Waals surface area contributed by atoms with Crippen LogP contribution in [0.3, 0.4) is 0 Å². The highest BCUT2D eigenvalue weighted by molar-refractivity contribution is 7.89. The lowest BCUT2D eigenvalue weighted by Gasteiger charge is -2.33. The minimum absolute atomic E-state index is 0.139. The number of sulfonamides is 1. The van der Waals surface area contributed by atoms with Gasteiger partial charge in [0.25, 0.3) is 0 Å². The molecule has 1 aliphatic rings. The van der Waals surface area contributed by atoms with Gasteiger partial charge in [-0.2, -0.15) is 4.31 Å². The van der Waals surface area contributed by atoms with Gasteiger partial charge in [-0.15, -0.1) is 0 Å². The van der Waals surface area contributed by atoms with Crippen molar-refractivity contribution < 1.29 is 17.9 Å². The van der Waals surface area contributed by atoms with Gasteiger partial charge >= 0.3 is 0 Å². The van der Waals surface area contributed by atoms with Crippen LogP contribution >= 0.6 is 0 Å². The third-order valence-corrected chi connectivity index (χ3v) is 6.85. The zero-order chi connectivity index (χ0) is 18.7. The zero-order valence-electron chi connectivity index (χ0n) is 15.4. The highest BCUT2D eigenvalue weighted by Crippen LogP contribution is 2.29. The van der Waals surface area contributed by atoms with Gasteiger partial charge in [0.2, 0.25) is 10.0 Å². The smallest absolute Gasteiger partial charge is 0.243 e. The fourth-order valence-electron chi connectivity index (χ4n) is 3.48. The lowest BCUT2D eigenvalue weighted by Crippen LogP contribution is -2.46. The van der Waals surface area contributed by atoms with Crippen molar-refractivity contribution >= 4 is 10.0 Å². The average molecular weight is 375 g/mol. The molecule has 0 aromatic heterocycles. The van der Waals surface area contributed by atoms with Crippen molar-refractivity contribution in [2.75, 3.05) is 26.8 Å². The van der Waals surface area contributed by atoms with Gasteiger partial charge < -0.3 is 9.47 Å². The summed E-state index contributed by atoms with van der Waals surface area (Å²) in [6.07, 6.45) is 0.563. The first-order valence-corrected chi connectivity index (χ1v) is 10.2. The molecule has 6 heteroatoms. The quantitative estimate of drug-likeness (QED) is 0.806. The molecule has 1 aliphatic heterocycles. The number of methoxy groups -OCH3 is 1. The zero-order valence-corrected chi connectivity index (χ0v) is 16.3. The predicted octanol–water partition coefficient (Wildman–Crippen LogP) is 2.94. The number of nitrogens with zero attached hydrogens (tertiary/aromatic N) is 1. The van der Waals surface area contributed by atoms with Crippen LogP contribution in [0.15, 0.2) is 47.4 Å². The van der Waals surface area contributed by atoms with E-state index in [-0.39, 0.29) is 6.10 Å². The second-order valence-electron chi connectivity index (χ2n) is 6.64. The second kappa shape index (κ2) is 7.78. The van der Waals surface area contributed by atoms with E-state index in [1.54, 1.807) is 23.5 Å². The minimum atomic E-state index is -3.58. The van der Waals surface area contributed by atoms with Gasteiger partial charge in [0.15, 0.2) is 0 Å². The molecule has 5 nitrogen and oxygen atoms in total. The first-order valence-electron chi connectivity index (χ1n) is 8.72. The molecule has 26 heavy (non-hydrogen) atoms. The largest absolute Gasteiger partial charge is 0.497 e. The molecule has 2 aromatic carbocycles. The maximum atomic E-state index is 13.3. The lowest BCUT2D eigenvalue weighted by atomic mass is 10.1. The molecule has 0 spiro atoms. The molecule has 0 N–H and O–H groups in total. The molecular formula is C20H25NO4S. The molecule has 1 fully saturated rings. The SMILES string of the molecule is COc1cc(C)c(S(=O)(=O)N2CCOC(Cc3ccccc3)C2)c(C)c1. The number of morpholine rings is 1. The van der Waals surface area contributed by atoms with Crippen molar-refractivity contribution in [2.24, 2.45) is 0 Å². The Kier molecular flexibility index (Phi) is 5.65. The Morgan fingerprint density at radius 1 is 1.15 bits per heavy atom. The normalized spacial score (nSPS) is 18.7. The van der Waals surface area contributed by atoms with E-state index in [0.717, 1.165) is 5.56 Å². The van der Waals surface area contributed by atoms with Crippen molar-refractivity contribution in [3.8, 4) is 5.75 Å². The maximum absolute atomic E-state index is 13.3. The standard InChI is InChI=1S/C20H25NO4S/c1-15-11-18(24-3)12-16(2)20(15)26(22,23)21-9-10-25-19(14-21)13-17-7-5-4-6-8-17/h4-8,11-12,19H,9-10,13-14H2,1-3H3. The van der Waals surface area contributed by atoms with E-state index in [1.165, 1.54) is 0 Å². The van der Waals surface area contributed by atoms with Crippen LogP contribution in [0, 0.1) is 13.8 Å². The first-order chi connectivity index (χ1) is 12.4. The van der Waals surface area contributed by atoms with Crippen LogP contribution in [0.5, 0.6) is 5.75 Å². The van der Waals surface area contributed by atoms with E-state index < -0.39 is 10.0 Å². The highest BCUT2D eigenvalue weighted by atomic mass is 32.2. The molecule has 0 amide bonds. The highest BCUT2D eigenvalue weighted by Gasteiger charge is 2.33. The van der Waals surface area contributed by atoms with Crippen molar-refractivity contribution in [3.63, 3.8) is 0 Å². The topological polar surface area (TPSA) is 55.8 Å². The maximum Gasteiger partial charge on any atom is 0.243 e. The monoisotopic (exact) mass is 375 g/mol. The number of ether oxygens (including phenoxy) is 2. The van der Waals surface area contributed by atoms with Crippen molar-refractivity contribution in [2.45, 2.75) is 31.3 Å². The van der Waals surface area contributed by atoms with E-state index in [4.69, 9.17) is 9.47 Å². The minimum Gasteiger partial charge on any atom is -0.497 e. The Labute approximate surface area is 155 Å². The number of rotatable bonds is 5. The summed E-state index contributed by atoms with van der Waals surface area (Å²) in [5.74, 6) is 0.669. The number of hydrogen-bond acceptors (Lipinski definition) is 4.